The fourth-order valence-corrected chi connectivity index (χ4v) is 3.62. The van der Waals surface area contributed by atoms with Crippen LogP contribution in [0.1, 0.15) is 11.1 Å². The average Bonchev–Trinajstić information content (AvgIpc) is 3.24. The summed E-state index contributed by atoms with van der Waals surface area (Å²) in [6.45, 7) is 0.744. The van der Waals surface area contributed by atoms with Gasteiger partial charge < -0.3 is 20.4 Å². The first-order valence-corrected chi connectivity index (χ1v) is 10.9. The molecule has 0 aliphatic carbocycles. The first-order valence-electron chi connectivity index (χ1n) is 10.9. The fourth-order valence-electron chi connectivity index (χ4n) is 3.62. The number of nitrogens with zero attached hydrogens (tertiary/aromatic N) is 3. The van der Waals surface area contributed by atoms with Gasteiger partial charge in [0.25, 0.3) is 5.56 Å². The van der Waals surface area contributed by atoms with Crippen LogP contribution in [0.2, 0.25) is 0 Å². The average molecular weight is 477 g/mol. The summed E-state index contributed by atoms with van der Waals surface area (Å²) in [6, 6.07) is 11.6. The first-order chi connectivity index (χ1) is 16.9. The molecule has 2 amide bonds. The van der Waals surface area contributed by atoms with E-state index < -0.39 is 18.0 Å². The fraction of sp³-hybridized carbons (Fsp3) is 0.200. The van der Waals surface area contributed by atoms with Crippen molar-refractivity contribution in [3.05, 3.63) is 88.4 Å². The summed E-state index contributed by atoms with van der Waals surface area (Å²) >= 11 is 0. The van der Waals surface area contributed by atoms with Crippen LogP contribution in [0, 0.1) is 5.82 Å². The summed E-state index contributed by atoms with van der Waals surface area (Å²) in [5, 5.41) is 2.74. The Kier molecular flexibility index (Phi) is 7.02. The number of cyclic esters (lactones) is 1. The number of ether oxygens (including phenoxy) is 1. The third-order valence-corrected chi connectivity index (χ3v) is 5.57. The lowest BCUT2D eigenvalue weighted by Crippen LogP contribution is -2.27. The van der Waals surface area contributed by atoms with E-state index in [1.807, 2.05) is 0 Å². The molecule has 3 aromatic rings. The largest absolute Gasteiger partial charge is 0.443 e. The van der Waals surface area contributed by atoms with Gasteiger partial charge in [-0.05, 0) is 35.4 Å². The van der Waals surface area contributed by atoms with E-state index in [9.17, 15) is 18.8 Å². The quantitative estimate of drug-likeness (QED) is 0.504. The number of benzene rings is 2. The van der Waals surface area contributed by atoms with E-state index in [1.165, 1.54) is 40.2 Å². The van der Waals surface area contributed by atoms with E-state index in [1.54, 1.807) is 43.4 Å². The molecular weight excluding hydrogens is 453 g/mol. The molecular formula is C25H24FN5O4. The summed E-state index contributed by atoms with van der Waals surface area (Å²) < 4.78 is 21.3. The topological polar surface area (TPSA) is 120 Å². The summed E-state index contributed by atoms with van der Waals surface area (Å²) in [6.07, 6.45) is 4.52. The summed E-state index contributed by atoms with van der Waals surface area (Å²) in [7, 11) is 1.58. The van der Waals surface area contributed by atoms with Crippen molar-refractivity contribution in [2.75, 3.05) is 18.0 Å². The van der Waals surface area contributed by atoms with Crippen LogP contribution in [0.5, 0.6) is 0 Å². The molecule has 35 heavy (non-hydrogen) atoms. The Hall–Kier alpha value is -4.31. The van der Waals surface area contributed by atoms with Gasteiger partial charge in [0, 0.05) is 38.0 Å². The van der Waals surface area contributed by atoms with Gasteiger partial charge in [0.05, 0.1) is 24.1 Å². The smallest absolute Gasteiger partial charge is 0.414 e. The number of hydrogen-bond donors (Lipinski definition) is 2. The van der Waals surface area contributed by atoms with Crippen molar-refractivity contribution < 1.29 is 18.7 Å². The molecule has 3 N–H and O–H groups in total. The standard InChI is InChI=1S/C25H24FN5O4/c1-30-15-28-13-18(24(30)33)6-9-23(32)29-12-16-2-4-17(5-3-16)21-8-7-19(10-22(21)26)31-14-20(11-27)35-25(31)34/h2-10,13,15,20H,11-12,14,27H2,1H3,(H,29,32)/b9-6+/t20-/m0/s1. The van der Waals surface area contributed by atoms with Crippen LogP contribution in [0.25, 0.3) is 17.2 Å². The monoisotopic (exact) mass is 477 g/mol. The van der Waals surface area contributed by atoms with Crippen LogP contribution in [0.4, 0.5) is 14.9 Å². The number of halogens is 1. The van der Waals surface area contributed by atoms with E-state index in [2.05, 4.69) is 10.3 Å². The Morgan fingerprint density at radius 3 is 2.71 bits per heavy atom. The lowest BCUT2D eigenvalue weighted by atomic mass is 10.0. The first kappa shape index (κ1) is 23.8. The molecule has 1 fully saturated rings. The molecule has 1 aliphatic rings. The van der Waals surface area contributed by atoms with Gasteiger partial charge in [-0.3, -0.25) is 14.5 Å². The van der Waals surface area contributed by atoms with E-state index in [0.717, 1.165) is 5.56 Å². The molecule has 9 nitrogen and oxygen atoms in total. The molecule has 1 saturated heterocycles. The molecule has 0 saturated carbocycles. The second-order valence-corrected chi connectivity index (χ2v) is 8.03. The molecule has 4 rings (SSSR count). The van der Waals surface area contributed by atoms with E-state index in [4.69, 9.17) is 10.5 Å². The van der Waals surface area contributed by atoms with Crippen molar-refractivity contribution in [2.45, 2.75) is 12.6 Å². The molecule has 2 aromatic carbocycles. The Morgan fingerprint density at radius 2 is 2.03 bits per heavy atom. The van der Waals surface area contributed by atoms with Gasteiger partial charge in [-0.1, -0.05) is 24.3 Å². The Labute approximate surface area is 200 Å². The zero-order valence-electron chi connectivity index (χ0n) is 19.0. The minimum absolute atomic E-state index is 0.205. The summed E-state index contributed by atoms with van der Waals surface area (Å²) in [5.41, 5.74) is 7.86. The Balaban J connectivity index is 1.38. The van der Waals surface area contributed by atoms with Crippen molar-refractivity contribution in [2.24, 2.45) is 12.8 Å². The third-order valence-electron chi connectivity index (χ3n) is 5.57. The molecule has 10 heteroatoms. The molecule has 1 aromatic heterocycles. The summed E-state index contributed by atoms with van der Waals surface area (Å²) in [5.74, 6) is -0.835. The highest BCUT2D eigenvalue weighted by atomic mass is 19.1. The van der Waals surface area contributed by atoms with Gasteiger partial charge in [0.2, 0.25) is 5.91 Å². The van der Waals surface area contributed by atoms with Gasteiger partial charge in [-0.2, -0.15) is 0 Å². The maximum atomic E-state index is 14.8. The SMILES string of the molecule is Cn1cncc(/C=C/C(=O)NCc2ccc(-c3ccc(N4C[C@H](CN)OC4=O)cc3F)cc2)c1=O. The number of hydrogen-bond acceptors (Lipinski definition) is 6. The van der Waals surface area contributed by atoms with Crippen molar-refractivity contribution in [3.63, 3.8) is 0 Å². The molecule has 2 heterocycles. The van der Waals surface area contributed by atoms with Gasteiger partial charge in [-0.25, -0.2) is 14.2 Å². The highest BCUT2D eigenvalue weighted by Gasteiger charge is 2.31. The number of rotatable bonds is 7. The molecule has 0 bridgehead atoms. The molecule has 0 radical (unpaired) electrons. The number of aryl methyl sites for hydroxylation is 1. The minimum atomic E-state index is -0.545. The normalized spacial score (nSPS) is 15.5. The maximum absolute atomic E-state index is 14.8. The lowest BCUT2D eigenvalue weighted by molar-refractivity contribution is -0.116. The lowest BCUT2D eigenvalue weighted by Gasteiger charge is -2.14. The number of nitrogens with two attached hydrogens (primary N) is 1. The highest BCUT2D eigenvalue weighted by molar-refractivity contribution is 5.91. The maximum Gasteiger partial charge on any atom is 0.414 e. The van der Waals surface area contributed by atoms with Crippen LogP contribution < -0.4 is 21.5 Å². The van der Waals surface area contributed by atoms with Crippen LogP contribution in [0.15, 0.2) is 65.9 Å². The number of nitrogens with one attached hydrogen (secondary N) is 1. The van der Waals surface area contributed by atoms with E-state index in [0.29, 0.717) is 22.4 Å². The number of anilines is 1. The Bertz CT molecular complexity index is 1340. The van der Waals surface area contributed by atoms with E-state index in [-0.39, 0.29) is 31.1 Å². The predicted octanol–water partition coefficient (Wildman–Crippen LogP) is 2.20. The molecule has 1 aliphatic heterocycles. The van der Waals surface area contributed by atoms with Gasteiger partial charge in [0.1, 0.15) is 11.9 Å². The van der Waals surface area contributed by atoms with Crippen LogP contribution in [-0.4, -0.2) is 40.7 Å². The predicted molar refractivity (Wildman–Crippen MR) is 129 cm³/mol. The highest BCUT2D eigenvalue weighted by Crippen LogP contribution is 2.29. The number of aromatic nitrogens is 2. The summed E-state index contributed by atoms with van der Waals surface area (Å²) in [4.78, 5) is 41.3. The van der Waals surface area contributed by atoms with Crippen molar-refractivity contribution >= 4 is 23.8 Å². The number of carbonyl (C=O) groups is 2. The van der Waals surface area contributed by atoms with Gasteiger partial charge in [0.15, 0.2) is 0 Å². The molecule has 0 unspecified atom stereocenters. The van der Waals surface area contributed by atoms with Crippen LogP contribution in [0.3, 0.4) is 0 Å². The number of carbonyl (C=O) groups excluding carboxylic acids is 2. The van der Waals surface area contributed by atoms with Crippen LogP contribution >= 0.6 is 0 Å². The van der Waals surface area contributed by atoms with Crippen molar-refractivity contribution in [1.29, 1.82) is 0 Å². The Morgan fingerprint density at radius 1 is 1.26 bits per heavy atom. The van der Waals surface area contributed by atoms with Gasteiger partial charge in [-0.15, -0.1) is 0 Å². The zero-order chi connectivity index (χ0) is 24.9. The molecule has 1 atom stereocenters. The second kappa shape index (κ2) is 10.3. The molecule has 180 valence electrons. The van der Waals surface area contributed by atoms with E-state index >= 15 is 0 Å². The molecule has 0 spiro atoms. The van der Waals surface area contributed by atoms with Crippen LogP contribution in [-0.2, 0) is 23.1 Å². The zero-order valence-corrected chi connectivity index (χ0v) is 19.0. The van der Waals surface area contributed by atoms with Crippen molar-refractivity contribution in [1.82, 2.24) is 14.9 Å². The second-order valence-electron chi connectivity index (χ2n) is 8.03. The van der Waals surface area contributed by atoms with Crippen molar-refractivity contribution in [3.8, 4) is 11.1 Å². The third kappa shape index (κ3) is 5.44. The number of amides is 2. The van der Waals surface area contributed by atoms with Gasteiger partial charge >= 0.3 is 6.09 Å². The minimum Gasteiger partial charge on any atom is -0.443 e.